The number of carboxylic acid groups (broad SMARTS) is 1. The van der Waals surface area contributed by atoms with Crippen LogP contribution in [0.2, 0.25) is 0 Å². The van der Waals surface area contributed by atoms with Crippen LogP contribution in [0.3, 0.4) is 0 Å². The van der Waals surface area contributed by atoms with Crippen molar-refractivity contribution in [3.8, 4) is 0 Å². The molecule has 6 heteroatoms. The average molecular weight is 286 g/mol. The zero-order valence-electron chi connectivity index (χ0n) is 13.3. The first-order chi connectivity index (χ1) is 8.83. The Bertz CT molecular complexity index is 400. The van der Waals surface area contributed by atoms with Crippen LogP contribution in [0.25, 0.3) is 0 Å². The molecule has 0 rings (SSSR count). The Hall–Kier alpha value is -1.59. The molecular formula is C14H26N2O4. The number of carbonyl (C=O) groups is 3. The second-order valence-electron chi connectivity index (χ2n) is 6.47. The van der Waals surface area contributed by atoms with Gasteiger partial charge in [0.15, 0.2) is 0 Å². The van der Waals surface area contributed by atoms with Gasteiger partial charge in [-0.1, -0.05) is 13.8 Å². The van der Waals surface area contributed by atoms with E-state index in [0.29, 0.717) is 0 Å². The lowest BCUT2D eigenvalue weighted by Gasteiger charge is -2.40. The van der Waals surface area contributed by atoms with Crippen molar-refractivity contribution in [3.63, 3.8) is 0 Å². The van der Waals surface area contributed by atoms with Crippen molar-refractivity contribution in [2.75, 3.05) is 0 Å². The normalized spacial score (nSPS) is 13.8. The smallest absolute Gasteiger partial charge is 0.311 e. The van der Waals surface area contributed by atoms with E-state index in [2.05, 4.69) is 10.6 Å². The van der Waals surface area contributed by atoms with Gasteiger partial charge in [0.05, 0.1) is 11.0 Å². The molecule has 0 aromatic heterocycles. The fourth-order valence-corrected chi connectivity index (χ4v) is 1.56. The quantitative estimate of drug-likeness (QED) is 0.682. The maximum atomic E-state index is 12.3. The van der Waals surface area contributed by atoms with Crippen molar-refractivity contribution in [2.45, 2.75) is 60.0 Å². The molecule has 0 radical (unpaired) electrons. The van der Waals surface area contributed by atoms with E-state index in [4.69, 9.17) is 0 Å². The number of carboxylic acids is 1. The zero-order valence-corrected chi connectivity index (χ0v) is 13.3. The highest BCUT2D eigenvalue weighted by Gasteiger charge is 2.45. The number of hydrogen-bond acceptors (Lipinski definition) is 3. The van der Waals surface area contributed by atoms with Crippen molar-refractivity contribution in [3.05, 3.63) is 0 Å². The van der Waals surface area contributed by atoms with E-state index in [0.717, 1.165) is 0 Å². The molecule has 1 unspecified atom stereocenters. The minimum absolute atomic E-state index is 0.0948. The largest absolute Gasteiger partial charge is 0.481 e. The minimum atomic E-state index is -1.14. The number of amides is 2. The molecule has 0 saturated carbocycles. The minimum Gasteiger partial charge on any atom is -0.481 e. The Morgan fingerprint density at radius 3 is 1.80 bits per heavy atom. The van der Waals surface area contributed by atoms with Crippen LogP contribution in [0.1, 0.15) is 48.5 Å². The van der Waals surface area contributed by atoms with Gasteiger partial charge >= 0.3 is 5.97 Å². The lowest BCUT2D eigenvalue weighted by atomic mass is 9.74. The summed E-state index contributed by atoms with van der Waals surface area (Å²) in [5, 5.41) is 14.6. The monoisotopic (exact) mass is 286 g/mol. The van der Waals surface area contributed by atoms with E-state index in [9.17, 15) is 19.5 Å². The highest BCUT2D eigenvalue weighted by molar-refractivity contribution is 5.88. The van der Waals surface area contributed by atoms with Gasteiger partial charge in [-0.05, 0) is 33.6 Å². The predicted molar refractivity (Wildman–Crippen MR) is 76.1 cm³/mol. The van der Waals surface area contributed by atoms with E-state index in [1.54, 1.807) is 27.7 Å². The molecule has 0 saturated heterocycles. The van der Waals surface area contributed by atoms with Crippen LogP contribution in [0.15, 0.2) is 0 Å². The molecular weight excluding hydrogens is 260 g/mol. The molecule has 2 amide bonds. The molecule has 6 nitrogen and oxygen atoms in total. The van der Waals surface area contributed by atoms with E-state index in [1.165, 1.54) is 6.92 Å². The fraction of sp³-hybridized carbons (Fsp3) is 0.786. The Morgan fingerprint density at radius 1 is 1.05 bits per heavy atom. The second-order valence-corrected chi connectivity index (χ2v) is 6.47. The van der Waals surface area contributed by atoms with E-state index >= 15 is 0 Å². The van der Waals surface area contributed by atoms with Gasteiger partial charge in [-0.2, -0.15) is 0 Å². The van der Waals surface area contributed by atoms with Gasteiger partial charge in [0.25, 0.3) is 0 Å². The maximum Gasteiger partial charge on any atom is 0.311 e. The Kier molecular flexibility index (Phi) is 5.74. The highest BCUT2D eigenvalue weighted by Crippen LogP contribution is 2.30. The SMILES string of the molecule is CC(=O)NC(C(=O)NC(C)(C)C(C)(C)C(=O)O)C(C)C. The molecule has 0 aliphatic heterocycles. The molecule has 20 heavy (non-hydrogen) atoms. The van der Waals surface area contributed by atoms with Crippen molar-refractivity contribution in [1.29, 1.82) is 0 Å². The number of nitrogens with one attached hydrogen (secondary N) is 2. The third kappa shape index (κ3) is 4.21. The van der Waals surface area contributed by atoms with Crippen LogP contribution < -0.4 is 10.6 Å². The first-order valence-electron chi connectivity index (χ1n) is 6.65. The van der Waals surface area contributed by atoms with Gasteiger partial charge in [-0.25, -0.2) is 0 Å². The maximum absolute atomic E-state index is 12.3. The lowest BCUT2D eigenvalue weighted by molar-refractivity contribution is -0.152. The average Bonchev–Trinajstić information content (AvgIpc) is 2.23. The second kappa shape index (κ2) is 6.24. The van der Waals surface area contributed by atoms with Crippen LogP contribution in [0, 0.1) is 11.3 Å². The number of hydrogen-bond donors (Lipinski definition) is 3. The number of carbonyl (C=O) groups excluding carboxylic acids is 2. The van der Waals surface area contributed by atoms with Gasteiger partial charge in [-0.15, -0.1) is 0 Å². The topological polar surface area (TPSA) is 95.5 Å². The molecule has 0 spiro atoms. The van der Waals surface area contributed by atoms with Gasteiger partial charge in [-0.3, -0.25) is 14.4 Å². The number of aliphatic carboxylic acids is 1. The van der Waals surface area contributed by atoms with Crippen molar-refractivity contribution < 1.29 is 19.5 Å². The summed E-state index contributed by atoms with van der Waals surface area (Å²) in [4.78, 5) is 34.7. The lowest BCUT2D eigenvalue weighted by Crippen LogP contribution is -2.61. The summed E-state index contributed by atoms with van der Waals surface area (Å²) in [5.41, 5.74) is -2.10. The van der Waals surface area contributed by atoms with Gasteiger partial charge in [0, 0.05) is 6.92 Å². The predicted octanol–water partition coefficient (Wildman–Crippen LogP) is 1.15. The van der Waals surface area contributed by atoms with E-state index in [-0.39, 0.29) is 17.7 Å². The molecule has 0 heterocycles. The first-order valence-corrected chi connectivity index (χ1v) is 6.65. The fourth-order valence-electron chi connectivity index (χ4n) is 1.56. The van der Waals surface area contributed by atoms with E-state index in [1.807, 2.05) is 13.8 Å². The first kappa shape index (κ1) is 18.4. The van der Waals surface area contributed by atoms with Crippen LogP contribution >= 0.6 is 0 Å². The molecule has 0 fully saturated rings. The Morgan fingerprint density at radius 2 is 1.50 bits per heavy atom. The summed E-state index contributed by atoms with van der Waals surface area (Å²) in [5.74, 6) is -1.77. The molecule has 0 aromatic rings. The van der Waals surface area contributed by atoms with Crippen molar-refractivity contribution in [1.82, 2.24) is 10.6 Å². The van der Waals surface area contributed by atoms with Gasteiger partial charge < -0.3 is 15.7 Å². The van der Waals surface area contributed by atoms with Gasteiger partial charge in [0.2, 0.25) is 11.8 Å². The summed E-state index contributed by atoms with van der Waals surface area (Å²) < 4.78 is 0. The number of rotatable bonds is 6. The highest BCUT2D eigenvalue weighted by atomic mass is 16.4. The molecule has 0 aliphatic rings. The van der Waals surface area contributed by atoms with E-state index < -0.39 is 23.0 Å². The zero-order chi connectivity index (χ0) is 16.3. The van der Waals surface area contributed by atoms with Crippen LogP contribution in [-0.4, -0.2) is 34.5 Å². The Labute approximate surface area is 120 Å². The van der Waals surface area contributed by atoms with Crippen LogP contribution in [0.5, 0.6) is 0 Å². The van der Waals surface area contributed by atoms with Crippen LogP contribution in [0.4, 0.5) is 0 Å². The Balaban J connectivity index is 5.13. The summed E-state index contributed by atoms with van der Waals surface area (Å²) >= 11 is 0. The third-order valence-electron chi connectivity index (χ3n) is 3.84. The molecule has 1 atom stereocenters. The molecule has 116 valence electrons. The standard InChI is InChI=1S/C14H26N2O4/c1-8(2)10(15-9(3)17)11(18)16-14(6,7)13(4,5)12(19)20/h8,10H,1-7H3,(H,15,17)(H,16,18)(H,19,20). The van der Waals surface area contributed by atoms with Crippen molar-refractivity contribution in [2.24, 2.45) is 11.3 Å². The summed E-state index contributed by atoms with van der Waals surface area (Å²) in [7, 11) is 0. The van der Waals surface area contributed by atoms with Gasteiger partial charge in [0.1, 0.15) is 6.04 Å². The molecule has 0 aromatic carbocycles. The summed E-state index contributed by atoms with van der Waals surface area (Å²) in [6.45, 7) is 11.4. The third-order valence-corrected chi connectivity index (χ3v) is 3.84. The summed E-state index contributed by atoms with van der Waals surface area (Å²) in [6.07, 6.45) is 0. The van der Waals surface area contributed by atoms with Crippen molar-refractivity contribution >= 4 is 17.8 Å². The summed E-state index contributed by atoms with van der Waals surface area (Å²) in [6, 6.07) is -0.684. The molecule has 0 aliphatic carbocycles. The van der Waals surface area contributed by atoms with Crippen LogP contribution in [-0.2, 0) is 14.4 Å². The molecule has 0 bridgehead atoms. The molecule has 3 N–H and O–H groups in total.